The maximum Gasteiger partial charge on any atom is 0.267 e. The van der Waals surface area contributed by atoms with Crippen molar-refractivity contribution in [3.05, 3.63) is 35.4 Å². The standard InChI is InChI=1S/C48H74F4N6O6S4/c1-7-65-45(66-8-2)37-29-47(49,50)31-57(37)43(59)33-25-39(61-5)41(27-35(33)53)63-23-15-11-13-17-55-19-21-56(22-20-55)18-14-12-16-24-64-42-28-36(54)34(26-40(42)62-6)44(60)58-32-48(51,52)30-38(58)46(67-9-3)68-10-4/h25-28,37-38,45-46H,7-24,29-32,53-54H2,1-6H3/t37-,38-/m0/s1. The number of alkyl halides is 4. The molecule has 0 unspecified atom stereocenters. The Morgan fingerprint density at radius 3 is 1.26 bits per heavy atom. The Hall–Kier alpha value is -2.78. The first-order valence-electron chi connectivity index (χ1n) is 24.1. The van der Waals surface area contributed by atoms with Crippen LogP contribution < -0.4 is 30.4 Å². The molecule has 2 atom stereocenters. The van der Waals surface area contributed by atoms with Crippen LogP contribution in [0.3, 0.4) is 0 Å². The van der Waals surface area contributed by atoms with Crippen molar-refractivity contribution in [2.24, 2.45) is 0 Å². The SMILES string of the molecule is CCSC(SCC)[C@@H]1CC(F)(F)CN1C(=O)c1cc(OC)c(OCCCCCN2CCN(CCCCCOc3cc(N)c(C(=O)N4CC(F)(F)C[C@H]4C(SCC)SCC)cc3OC)CC2)cc1N. The predicted molar refractivity (Wildman–Crippen MR) is 275 cm³/mol. The lowest BCUT2D eigenvalue weighted by atomic mass is 10.1. The molecule has 4 N–H and O–H groups in total. The molecule has 2 aromatic rings. The van der Waals surface area contributed by atoms with E-state index in [2.05, 4.69) is 9.80 Å². The molecule has 0 radical (unpaired) electrons. The molecule has 12 nitrogen and oxygen atoms in total. The maximum absolute atomic E-state index is 14.7. The molecule has 2 amide bonds. The van der Waals surface area contributed by atoms with Gasteiger partial charge in [-0.3, -0.25) is 9.59 Å². The number of unbranched alkanes of at least 4 members (excludes halogenated alkanes) is 4. The molecule has 0 saturated carbocycles. The first kappa shape index (κ1) is 56.1. The van der Waals surface area contributed by atoms with Gasteiger partial charge in [0.25, 0.3) is 23.7 Å². The Balaban J connectivity index is 0.974. The van der Waals surface area contributed by atoms with Crippen LogP contribution in [0.2, 0.25) is 0 Å². The number of rotatable bonds is 28. The number of hydrogen-bond donors (Lipinski definition) is 2. The first-order valence-corrected chi connectivity index (χ1v) is 28.3. The molecule has 3 fully saturated rings. The van der Waals surface area contributed by atoms with Crippen LogP contribution >= 0.6 is 47.0 Å². The number of nitrogen functional groups attached to an aromatic ring is 2. The monoisotopic (exact) mass is 1030 g/mol. The number of nitrogens with zero attached hydrogens (tertiary/aromatic N) is 4. The summed E-state index contributed by atoms with van der Waals surface area (Å²) in [5.74, 6) is -2.38. The number of ether oxygens (including phenoxy) is 4. The van der Waals surface area contributed by atoms with E-state index in [1.54, 1.807) is 59.2 Å². The van der Waals surface area contributed by atoms with E-state index < -0.39 is 48.8 Å². The molecular weight excluding hydrogens is 961 g/mol. The van der Waals surface area contributed by atoms with E-state index in [0.29, 0.717) is 36.2 Å². The zero-order valence-corrected chi connectivity index (χ0v) is 44.0. The second-order valence-corrected chi connectivity index (χ2v) is 23.6. The van der Waals surface area contributed by atoms with Gasteiger partial charge in [-0.1, -0.05) is 27.7 Å². The van der Waals surface area contributed by atoms with Crippen molar-refractivity contribution in [1.82, 2.24) is 19.6 Å². The van der Waals surface area contributed by atoms with E-state index >= 15 is 0 Å². The average molecular weight is 1040 g/mol. The summed E-state index contributed by atoms with van der Waals surface area (Å²) in [4.78, 5) is 35.1. The second-order valence-electron chi connectivity index (χ2n) is 17.4. The number of methoxy groups -OCH3 is 2. The third-order valence-corrected chi connectivity index (χ3v) is 18.0. The van der Waals surface area contributed by atoms with E-state index in [1.807, 2.05) is 27.7 Å². The number of anilines is 2. The predicted octanol–water partition coefficient (Wildman–Crippen LogP) is 9.65. The molecule has 3 heterocycles. The molecule has 2 aromatic carbocycles. The van der Waals surface area contributed by atoms with Crippen LogP contribution in [0.15, 0.2) is 24.3 Å². The minimum atomic E-state index is -2.96. The third-order valence-electron chi connectivity index (χ3n) is 12.4. The summed E-state index contributed by atoms with van der Waals surface area (Å²) < 4.78 is 81.9. The fraction of sp³-hybridized carbons (Fsp3) is 0.708. The van der Waals surface area contributed by atoms with Gasteiger partial charge >= 0.3 is 0 Å². The highest BCUT2D eigenvalue weighted by atomic mass is 32.2. The summed E-state index contributed by atoms with van der Waals surface area (Å²) >= 11 is 6.36. The van der Waals surface area contributed by atoms with Crippen LogP contribution in [0.4, 0.5) is 28.9 Å². The fourth-order valence-electron chi connectivity index (χ4n) is 9.03. The molecule has 0 aliphatic carbocycles. The van der Waals surface area contributed by atoms with Gasteiger partial charge < -0.3 is 50.0 Å². The lowest BCUT2D eigenvalue weighted by Crippen LogP contribution is -2.46. The number of amides is 2. The summed E-state index contributed by atoms with van der Waals surface area (Å²) in [5.41, 5.74) is 13.4. The fourth-order valence-corrected chi connectivity index (χ4v) is 14.6. The number of hydrogen-bond acceptors (Lipinski definition) is 14. The maximum atomic E-state index is 14.7. The van der Waals surface area contributed by atoms with Crippen LogP contribution in [0.25, 0.3) is 0 Å². The smallest absolute Gasteiger partial charge is 0.267 e. The molecule has 3 aliphatic rings. The van der Waals surface area contributed by atoms with E-state index in [4.69, 9.17) is 30.4 Å². The van der Waals surface area contributed by atoms with Crippen LogP contribution in [0, 0.1) is 0 Å². The van der Waals surface area contributed by atoms with Gasteiger partial charge in [-0.2, -0.15) is 0 Å². The summed E-state index contributed by atoms with van der Waals surface area (Å²) in [6.45, 7) is 13.7. The van der Waals surface area contributed by atoms with Crippen molar-refractivity contribution in [2.75, 3.05) is 114 Å². The number of carbonyl (C=O) groups excluding carboxylic acids is 2. The number of carbonyl (C=O) groups is 2. The number of piperazine rings is 1. The molecular formula is C48H74F4N6O6S4. The normalized spacial score (nSPS) is 19.6. The highest BCUT2D eigenvalue weighted by Crippen LogP contribution is 2.44. The Morgan fingerprint density at radius 1 is 0.588 bits per heavy atom. The Labute approximate surface area is 418 Å². The zero-order chi connectivity index (χ0) is 49.4. The number of nitrogens with two attached hydrogens (primary N) is 2. The van der Waals surface area contributed by atoms with Crippen molar-refractivity contribution in [3.63, 3.8) is 0 Å². The van der Waals surface area contributed by atoms with E-state index in [0.717, 1.165) is 101 Å². The molecule has 3 saturated heterocycles. The number of thioether (sulfide) groups is 4. The van der Waals surface area contributed by atoms with Crippen molar-refractivity contribution < 1.29 is 46.1 Å². The summed E-state index contributed by atoms with van der Waals surface area (Å²) in [6, 6.07) is 4.94. The van der Waals surface area contributed by atoms with E-state index in [1.165, 1.54) is 36.2 Å². The molecule has 5 rings (SSSR count). The first-order chi connectivity index (χ1) is 32.6. The van der Waals surface area contributed by atoms with Gasteiger partial charge in [-0.25, -0.2) is 17.6 Å². The Morgan fingerprint density at radius 2 is 0.941 bits per heavy atom. The molecule has 384 valence electrons. The van der Waals surface area contributed by atoms with Crippen LogP contribution in [-0.2, 0) is 0 Å². The van der Waals surface area contributed by atoms with Gasteiger partial charge in [-0.05, 0) is 86.8 Å². The van der Waals surface area contributed by atoms with Gasteiger partial charge in [0.15, 0.2) is 23.0 Å². The zero-order valence-electron chi connectivity index (χ0n) is 40.7. The van der Waals surface area contributed by atoms with Crippen molar-refractivity contribution >= 4 is 70.2 Å². The van der Waals surface area contributed by atoms with Crippen LogP contribution in [-0.4, -0.2) is 167 Å². The van der Waals surface area contributed by atoms with Crippen molar-refractivity contribution in [1.29, 1.82) is 0 Å². The van der Waals surface area contributed by atoms with Crippen molar-refractivity contribution in [3.8, 4) is 23.0 Å². The average Bonchev–Trinajstić information content (AvgIpc) is 3.82. The molecule has 3 aliphatic heterocycles. The quantitative estimate of drug-likeness (QED) is 0.0362. The molecule has 0 spiro atoms. The van der Waals surface area contributed by atoms with Gasteiger partial charge in [-0.15, -0.1) is 47.0 Å². The lowest BCUT2D eigenvalue weighted by molar-refractivity contribution is 0.0115. The highest BCUT2D eigenvalue weighted by molar-refractivity contribution is 8.17. The van der Waals surface area contributed by atoms with Gasteiger partial charge in [0, 0.05) is 62.5 Å². The molecule has 68 heavy (non-hydrogen) atoms. The van der Waals surface area contributed by atoms with Crippen molar-refractivity contribution in [2.45, 2.75) is 112 Å². The molecule has 0 aromatic heterocycles. The Kier molecular flexibility index (Phi) is 22.4. The highest BCUT2D eigenvalue weighted by Gasteiger charge is 2.51. The van der Waals surface area contributed by atoms with Crippen LogP contribution in [0.1, 0.15) is 99.8 Å². The minimum absolute atomic E-state index is 0.140. The summed E-state index contributed by atoms with van der Waals surface area (Å²) in [7, 11) is 2.97. The molecule has 20 heteroatoms. The van der Waals surface area contributed by atoms with E-state index in [-0.39, 0.29) is 44.5 Å². The van der Waals surface area contributed by atoms with Crippen LogP contribution in [0.5, 0.6) is 23.0 Å². The van der Waals surface area contributed by atoms with Gasteiger partial charge in [0.2, 0.25) is 0 Å². The van der Waals surface area contributed by atoms with E-state index in [9.17, 15) is 27.2 Å². The molecule has 0 bridgehead atoms. The summed E-state index contributed by atoms with van der Waals surface area (Å²) in [5, 5.41) is 0. The second kappa shape index (κ2) is 27.2. The number of benzene rings is 2. The largest absolute Gasteiger partial charge is 0.493 e. The lowest BCUT2D eigenvalue weighted by Gasteiger charge is -2.34. The third kappa shape index (κ3) is 15.6. The number of halogens is 4. The van der Waals surface area contributed by atoms with Gasteiger partial charge in [0.1, 0.15) is 0 Å². The topological polar surface area (TPSA) is 136 Å². The number of likely N-dealkylation sites (tertiary alicyclic amines) is 2. The summed E-state index contributed by atoms with van der Waals surface area (Å²) in [6.07, 6.45) is 4.95. The Bertz CT molecular complexity index is 1780. The van der Waals surface area contributed by atoms with Gasteiger partial charge in [0.05, 0.1) is 72.9 Å². The minimum Gasteiger partial charge on any atom is -0.493 e.